The van der Waals surface area contributed by atoms with Crippen molar-refractivity contribution in [3.63, 3.8) is 0 Å². The zero-order valence-electron chi connectivity index (χ0n) is 10.7. The van der Waals surface area contributed by atoms with Gasteiger partial charge < -0.3 is 26.8 Å². The molecule has 0 spiro atoms. The van der Waals surface area contributed by atoms with E-state index in [-0.39, 0.29) is 6.54 Å². The fourth-order valence-electron chi connectivity index (χ4n) is 1.09. The predicted molar refractivity (Wildman–Crippen MR) is 64.9 cm³/mol. The molecule has 0 saturated heterocycles. The Kier molecular flexibility index (Phi) is 7.12. The standard InChI is InChI=1S/C10H18N4O5/c1-5(9(18)12-4-8(16)17)14-10(19)6(2)13-7(15)3-11/h5-6H,3-4,11H2,1-2H3,(H,12,18)(H,13,15)(H,14,19)(H,16,17)/t5-,6-/m0/s1. The normalized spacial score (nSPS) is 13.0. The molecular weight excluding hydrogens is 256 g/mol. The van der Waals surface area contributed by atoms with Gasteiger partial charge in [-0.3, -0.25) is 19.2 Å². The molecule has 0 bridgehead atoms. The first-order chi connectivity index (χ1) is 8.77. The summed E-state index contributed by atoms with van der Waals surface area (Å²) in [5, 5.41) is 15.2. The van der Waals surface area contributed by atoms with Gasteiger partial charge in [0.2, 0.25) is 17.7 Å². The van der Waals surface area contributed by atoms with E-state index in [0.717, 1.165) is 0 Å². The van der Waals surface area contributed by atoms with Gasteiger partial charge in [0.15, 0.2) is 0 Å². The quantitative estimate of drug-likeness (QED) is 0.337. The van der Waals surface area contributed by atoms with Crippen LogP contribution in [0.5, 0.6) is 0 Å². The van der Waals surface area contributed by atoms with Crippen molar-refractivity contribution in [2.75, 3.05) is 13.1 Å². The molecule has 0 rings (SSSR count). The van der Waals surface area contributed by atoms with Gasteiger partial charge in [0.1, 0.15) is 18.6 Å². The molecule has 108 valence electrons. The molecule has 6 N–H and O–H groups in total. The topological polar surface area (TPSA) is 151 Å². The number of nitrogens with one attached hydrogen (secondary N) is 3. The van der Waals surface area contributed by atoms with Crippen LogP contribution in [0.1, 0.15) is 13.8 Å². The zero-order valence-corrected chi connectivity index (χ0v) is 10.7. The SMILES string of the molecule is C[C@H](NC(=O)CN)C(=O)N[C@@H](C)C(=O)NCC(=O)O. The Hall–Kier alpha value is -2.16. The van der Waals surface area contributed by atoms with E-state index >= 15 is 0 Å². The highest BCUT2D eigenvalue weighted by molar-refractivity contribution is 5.92. The van der Waals surface area contributed by atoms with Crippen LogP contribution in [0.3, 0.4) is 0 Å². The lowest BCUT2D eigenvalue weighted by Crippen LogP contribution is -2.52. The smallest absolute Gasteiger partial charge is 0.322 e. The molecule has 0 unspecified atom stereocenters. The van der Waals surface area contributed by atoms with Gasteiger partial charge in [-0.2, -0.15) is 0 Å². The second-order valence-corrected chi connectivity index (χ2v) is 3.84. The average Bonchev–Trinajstić information content (AvgIpc) is 2.35. The first-order valence-electron chi connectivity index (χ1n) is 5.57. The van der Waals surface area contributed by atoms with Crippen LogP contribution >= 0.6 is 0 Å². The van der Waals surface area contributed by atoms with E-state index in [4.69, 9.17) is 10.8 Å². The fourth-order valence-corrected chi connectivity index (χ4v) is 1.09. The summed E-state index contributed by atoms with van der Waals surface area (Å²) >= 11 is 0. The van der Waals surface area contributed by atoms with E-state index in [1.807, 2.05) is 0 Å². The number of nitrogens with two attached hydrogens (primary N) is 1. The van der Waals surface area contributed by atoms with Gasteiger partial charge in [0.05, 0.1) is 6.54 Å². The molecule has 9 nitrogen and oxygen atoms in total. The van der Waals surface area contributed by atoms with Crippen LogP contribution in [-0.4, -0.2) is 54.0 Å². The van der Waals surface area contributed by atoms with E-state index in [2.05, 4.69) is 16.0 Å². The van der Waals surface area contributed by atoms with Gasteiger partial charge in [-0.1, -0.05) is 0 Å². The Labute approximate surface area is 109 Å². The molecule has 0 aliphatic carbocycles. The van der Waals surface area contributed by atoms with Crippen LogP contribution in [0, 0.1) is 0 Å². The van der Waals surface area contributed by atoms with Gasteiger partial charge in [-0.25, -0.2) is 0 Å². The van der Waals surface area contributed by atoms with Crippen molar-refractivity contribution in [3.8, 4) is 0 Å². The van der Waals surface area contributed by atoms with E-state index < -0.39 is 42.3 Å². The van der Waals surface area contributed by atoms with Crippen molar-refractivity contribution in [3.05, 3.63) is 0 Å². The first-order valence-corrected chi connectivity index (χ1v) is 5.57. The van der Waals surface area contributed by atoms with Gasteiger partial charge in [-0.15, -0.1) is 0 Å². The minimum atomic E-state index is -1.18. The fraction of sp³-hybridized carbons (Fsp3) is 0.600. The highest BCUT2D eigenvalue weighted by Crippen LogP contribution is 1.87. The third-order valence-electron chi connectivity index (χ3n) is 2.12. The number of carbonyl (C=O) groups excluding carboxylic acids is 3. The lowest BCUT2D eigenvalue weighted by Gasteiger charge is -2.17. The Balaban J connectivity index is 4.20. The van der Waals surface area contributed by atoms with Gasteiger partial charge in [-0.05, 0) is 13.8 Å². The molecular formula is C10H18N4O5. The summed E-state index contributed by atoms with van der Waals surface area (Å²) in [5.74, 6) is -2.88. The van der Waals surface area contributed by atoms with E-state index in [1.54, 1.807) is 0 Å². The second-order valence-electron chi connectivity index (χ2n) is 3.84. The third kappa shape index (κ3) is 6.99. The van der Waals surface area contributed by atoms with E-state index in [0.29, 0.717) is 0 Å². The summed E-state index contributed by atoms with van der Waals surface area (Å²) in [6, 6.07) is -1.75. The van der Waals surface area contributed by atoms with E-state index in [1.165, 1.54) is 13.8 Å². The van der Waals surface area contributed by atoms with Crippen LogP contribution in [0.15, 0.2) is 0 Å². The van der Waals surface area contributed by atoms with Gasteiger partial charge >= 0.3 is 5.97 Å². The molecule has 9 heteroatoms. The Morgan fingerprint density at radius 3 is 2.05 bits per heavy atom. The molecule has 3 amide bonds. The third-order valence-corrected chi connectivity index (χ3v) is 2.12. The molecule has 0 radical (unpaired) electrons. The number of carboxylic acids is 1. The van der Waals surface area contributed by atoms with Crippen LogP contribution in [-0.2, 0) is 19.2 Å². The van der Waals surface area contributed by atoms with Crippen molar-refractivity contribution in [1.29, 1.82) is 0 Å². The minimum absolute atomic E-state index is 0.244. The molecule has 0 aliphatic heterocycles. The van der Waals surface area contributed by atoms with Crippen molar-refractivity contribution in [1.82, 2.24) is 16.0 Å². The first kappa shape index (κ1) is 16.8. The number of carbonyl (C=O) groups is 4. The molecule has 0 aromatic heterocycles. The van der Waals surface area contributed by atoms with Crippen molar-refractivity contribution in [2.24, 2.45) is 5.73 Å². The van der Waals surface area contributed by atoms with Crippen LogP contribution < -0.4 is 21.7 Å². The predicted octanol–water partition coefficient (Wildman–Crippen LogP) is -2.84. The molecule has 0 aliphatic rings. The largest absolute Gasteiger partial charge is 0.480 e. The molecule has 0 fully saturated rings. The number of rotatable bonds is 7. The maximum Gasteiger partial charge on any atom is 0.322 e. The maximum atomic E-state index is 11.6. The molecule has 0 aromatic carbocycles. The van der Waals surface area contributed by atoms with Crippen molar-refractivity contribution < 1.29 is 24.3 Å². The number of aliphatic carboxylic acids is 1. The monoisotopic (exact) mass is 274 g/mol. The molecule has 0 saturated carbocycles. The maximum absolute atomic E-state index is 11.6. The summed E-state index contributed by atoms with van der Waals surface area (Å²) in [5.41, 5.74) is 5.07. The summed E-state index contributed by atoms with van der Waals surface area (Å²) in [6.07, 6.45) is 0. The van der Waals surface area contributed by atoms with Gasteiger partial charge in [0, 0.05) is 0 Å². The Morgan fingerprint density at radius 2 is 1.58 bits per heavy atom. The Bertz CT molecular complexity index is 371. The lowest BCUT2D eigenvalue weighted by atomic mass is 10.2. The molecule has 0 heterocycles. The van der Waals surface area contributed by atoms with Gasteiger partial charge in [0.25, 0.3) is 0 Å². The second kappa shape index (κ2) is 8.03. The molecule has 2 atom stereocenters. The zero-order chi connectivity index (χ0) is 15.0. The minimum Gasteiger partial charge on any atom is -0.480 e. The summed E-state index contributed by atoms with van der Waals surface area (Å²) < 4.78 is 0. The van der Waals surface area contributed by atoms with Crippen molar-refractivity contribution in [2.45, 2.75) is 25.9 Å². The summed E-state index contributed by atoms with van der Waals surface area (Å²) in [7, 11) is 0. The molecule has 0 aromatic rings. The van der Waals surface area contributed by atoms with Crippen LogP contribution in [0.4, 0.5) is 0 Å². The molecule has 19 heavy (non-hydrogen) atoms. The number of hydrogen-bond acceptors (Lipinski definition) is 5. The summed E-state index contributed by atoms with van der Waals surface area (Å²) in [4.78, 5) is 44.2. The average molecular weight is 274 g/mol. The van der Waals surface area contributed by atoms with Crippen molar-refractivity contribution >= 4 is 23.7 Å². The highest BCUT2D eigenvalue weighted by atomic mass is 16.4. The Morgan fingerprint density at radius 1 is 1.05 bits per heavy atom. The lowest BCUT2D eigenvalue weighted by molar-refractivity contribution is -0.138. The highest BCUT2D eigenvalue weighted by Gasteiger charge is 2.20. The number of amides is 3. The number of hydrogen-bond donors (Lipinski definition) is 5. The van der Waals surface area contributed by atoms with E-state index in [9.17, 15) is 19.2 Å². The van der Waals surface area contributed by atoms with Crippen LogP contribution in [0.2, 0.25) is 0 Å². The van der Waals surface area contributed by atoms with Crippen LogP contribution in [0.25, 0.3) is 0 Å². The summed E-state index contributed by atoms with van der Waals surface area (Å²) in [6.45, 7) is 2.06. The number of carboxylic acid groups (broad SMARTS) is 1.